The highest BCUT2D eigenvalue weighted by Crippen LogP contribution is 2.24. The molecule has 3 nitrogen and oxygen atoms in total. The van der Waals surface area contributed by atoms with E-state index in [4.69, 9.17) is 5.73 Å². The molecule has 2 rings (SSSR count). The Labute approximate surface area is 119 Å². The normalized spacial score (nSPS) is 11.2. The second kappa shape index (κ2) is 5.87. The van der Waals surface area contributed by atoms with E-state index in [1.807, 2.05) is 0 Å². The van der Waals surface area contributed by atoms with Crippen molar-refractivity contribution >= 4 is 17.3 Å². The number of amides is 1. The first-order valence-corrected chi connectivity index (χ1v) is 6.16. The van der Waals surface area contributed by atoms with Gasteiger partial charge in [-0.25, -0.2) is 0 Å². The topological polar surface area (TPSA) is 46.3 Å². The number of halogens is 3. The molecule has 6 heteroatoms. The smallest absolute Gasteiger partial charge is 0.399 e. The number of nitrogen functional groups attached to an aromatic ring is 1. The summed E-state index contributed by atoms with van der Waals surface area (Å²) in [6.45, 7) is -1.35. The van der Waals surface area contributed by atoms with Gasteiger partial charge in [-0.15, -0.1) is 0 Å². The van der Waals surface area contributed by atoms with Crippen LogP contribution in [-0.2, 0) is 0 Å². The summed E-state index contributed by atoms with van der Waals surface area (Å²) < 4.78 is 38.2. The second-order valence-electron chi connectivity index (χ2n) is 4.46. The van der Waals surface area contributed by atoms with Crippen LogP contribution in [0.15, 0.2) is 54.6 Å². The number of rotatable bonds is 3. The van der Waals surface area contributed by atoms with E-state index in [0.29, 0.717) is 10.6 Å². The number of hydrogen-bond acceptors (Lipinski definition) is 2. The molecule has 21 heavy (non-hydrogen) atoms. The summed E-state index contributed by atoms with van der Waals surface area (Å²) in [6.07, 6.45) is -4.49. The van der Waals surface area contributed by atoms with Crippen LogP contribution in [0.2, 0.25) is 0 Å². The maximum Gasteiger partial charge on any atom is 0.406 e. The zero-order valence-corrected chi connectivity index (χ0v) is 11.0. The number of carbonyl (C=O) groups excluding carboxylic acids is 1. The Kier molecular flexibility index (Phi) is 4.16. The first-order valence-electron chi connectivity index (χ1n) is 6.16. The lowest BCUT2D eigenvalue weighted by molar-refractivity contribution is -0.118. The third-order valence-corrected chi connectivity index (χ3v) is 2.81. The summed E-state index contributed by atoms with van der Waals surface area (Å²) in [4.78, 5) is 13.0. The van der Waals surface area contributed by atoms with Crippen molar-refractivity contribution in [3.63, 3.8) is 0 Å². The minimum atomic E-state index is -4.49. The number of carbonyl (C=O) groups is 1. The molecule has 0 saturated heterocycles. The van der Waals surface area contributed by atoms with Crippen LogP contribution in [0.3, 0.4) is 0 Å². The van der Waals surface area contributed by atoms with Crippen LogP contribution < -0.4 is 10.6 Å². The average molecular weight is 294 g/mol. The van der Waals surface area contributed by atoms with Gasteiger partial charge >= 0.3 is 6.18 Å². The Morgan fingerprint density at radius 1 is 1.00 bits per heavy atom. The Morgan fingerprint density at radius 2 is 1.57 bits per heavy atom. The van der Waals surface area contributed by atoms with Crippen LogP contribution in [-0.4, -0.2) is 18.6 Å². The fourth-order valence-electron chi connectivity index (χ4n) is 1.85. The van der Waals surface area contributed by atoms with E-state index in [-0.39, 0.29) is 11.3 Å². The number of hydrogen-bond donors (Lipinski definition) is 1. The molecule has 0 saturated carbocycles. The minimum Gasteiger partial charge on any atom is -0.399 e. The Balaban J connectivity index is 2.35. The molecule has 0 unspecified atom stereocenters. The van der Waals surface area contributed by atoms with Crippen LogP contribution >= 0.6 is 0 Å². The van der Waals surface area contributed by atoms with Crippen molar-refractivity contribution in [3.8, 4) is 0 Å². The van der Waals surface area contributed by atoms with E-state index >= 15 is 0 Å². The van der Waals surface area contributed by atoms with Crippen molar-refractivity contribution in [2.75, 3.05) is 17.2 Å². The van der Waals surface area contributed by atoms with Crippen LogP contribution in [0.4, 0.5) is 24.5 Å². The number of anilines is 2. The highest BCUT2D eigenvalue weighted by atomic mass is 19.4. The van der Waals surface area contributed by atoms with E-state index in [1.165, 1.54) is 36.4 Å². The Morgan fingerprint density at radius 3 is 2.10 bits per heavy atom. The minimum absolute atomic E-state index is 0.150. The van der Waals surface area contributed by atoms with Crippen LogP contribution in [0.5, 0.6) is 0 Å². The first kappa shape index (κ1) is 14.9. The van der Waals surface area contributed by atoms with Crippen molar-refractivity contribution < 1.29 is 18.0 Å². The number of para-hydroxylation sites is 1. The van der Waals surface area contributed by atoms with Gasteiger partial charge in [-0.1, -0.05) is 18.2 Å². The van der Waals surface area contributed by atoms with Gasteiger partial charge in [0.1, 0.15) is 6.54 Å². The third kappa shape index (κ3) is 3.98. The van der Waals surface area contributed by atoms with Crippen LogP contribution in [0, 0.1) is 0 Å². The number of nitrogens with two attached hydrogens (primary N) is 1. The fourth-order valence-corrected chi connectivity index (χ4v) is 1.85. The molecule has 1 amide bonds. The lowest BCUT2D eigenvalue weighted by atomic mass is 10.1. The molecule has 0 spiro atoms. The van der Waals surface area contributed by atoms with Crippen molar-refractivity contribution in [3.05, 3.63) is 60.2 Å². The predicted octanol–water partition coefficient (Wildman–Crippen LogP) is 3.48. The van der Waals surface area contributed by atoms with Gasteiger partial charge in [-0.2, -0.15) is 13.2 Å². The Hall–Kier alpha value is -2.50. The monoisotopic (exact) mass is 294 g/mol. The van der Waals surface area contributed by atoms with Crippen LogP contribution in [0.25, 0.3) is 0 Å². The SMILES string of the molecule is Nc1ccc(C(=O)N(CC(F)(F)F)c2ccccc2)cc1. The van der Waals surface area contributed by atoms with Crippen molar-refractivity contribution in [2.24, 2.45) is 0 Å². The molecule has 0 aliphatic heterocycles. The maximum atomic E-state index is 12.7. The molecule has 0 bridgehead atoms. The molecular weight excluding hydrogens is 281 g/mol. The molecule has 110 valence electrons. The molecule has 0 aliphatic rings. The molecule has 2 N–H and O–H groups in total. The Bertz CT molecular complexity index is 609. The van der Waals surface area contributed by atoms with Gasteiger partial charge in [0.05, 0.1) is 0 Å². The molecule has 2 aromatic carbocycles. The second-order valence-corrected chi connectivity index (χ2v) is 4.46. The molecular formula is C15H13F3N2O. The summed E-state index contributed by atoms with van der Waals surface area (Å²) in [5.74, 6) is -0.724. The zero-order chi connectivity index (χ0) is 15.5. The molecule has 0 atom stereocenters. The van der Waals surface area contributed by atoms with Gasteiger partial charge in [0.25, 0.3) is 5.91 Å². The van der Waals surface area contributed by atoms with E-state index in [0.717, 1.165) is 0 Å². The quantitative estimate of drug-likeness (QED) is 0.881. The lowest BCUT2D eigenvalue weighted by Gasteiger charge is -2.24. The third-order valence-electron chi connectivity index (χ3n) is 2.81. The van der Waals surface area contributed by atoms with E-state index in [9.17, 15) is 18.0 Å². The number of benzene rings is 2. The summed E-state index contributed by atoms with van der Waals surface area (Å²) in [5, 5.41) is 0. The standard InChI is InChI=1S/C15H13F3N2O/c16-15(17,18)10-20(13-4-2-1-3-5-13)14(21)11-6-8-12(19)9-7-11/h1-9H,10,19H2. The largest absolute Gasteiger partial charge is 0.406 e. The molecule has 0 fully saturated rings. The van der Waals surface area contributed by atoms with E-state index in [1.54, 1.807) is 18.2 Å². The summed E-state index contributed by atoms with van der Waals surface area (Å²) in [6, 6.07) is 13.5. The van der Waals surface area contributed by atoms with Crippen molar-refractivity contribution in [2.45, 2.75) is 6.18 Å². The number of nitrogens with zero attached hydrogens (tertiary/aromatic N) is 1. The summed E-state index contributed by atoms with van der Waals surface area (Å²) >= 11 is 0. The van der Waals surface area contributed by atoms with Gasteiger partial charge in [0, 0.05) is 16.9 Å². The van der Waals surface area contributed by atoms with Gasteiger partial charge in [0.15, 0.2) is 0 Å². The van der Waals surface area contributed by atoms with Gasteiger partial charge in [-0.05, 0) is 36.4 Å². The van der Waals surface area contributed by atoms with Crippen molar-refractivity contribution in [1.82, 2.24) is 0 Å². The number of alkyl halides is 3. The molecule has 0 aliphatic carbocycles. The predicted molar refractivity (Wildman–Crippen MR) is 75.0 cm³/mol. The molecule has 0 aromatic heterocycles. The first-order chi connectivity index (χ1) is 9.87. The summed E-state index contributed by atoms with van der Waals surface area (Å²) in [5.41, 5.74) is 6.29. The average Bonchev–Trinajstić information content (AvgIpc) is 2.45. The van der Waals surface area contributed by atoms with E-state index in [2.05, 4.69) is 0 Å². The van der Waals surface area contributed by atoms with Gasteiger partial charge in [0.2, 0.25) is 0 Å². The van der Waals surface area contributed by atoms with Crippen molar-refractivity contribution in [1.29, 1.82) is 0 Å². The maximum absolute atomic E-state index is 12.7. The zero-order valence-electron chi connectivity index (χ0n) is 11.0. The molecule has 0 heterocycles. The molecule has 0 radical (unpaired) electrons. The highest BCUT2D eigenvalue weighted by molar-refractivity contribution is 6.06. The van der Waals surface area contributed by atoms with Gasteiger partial charge < -0.3 is 5.73 Å². The van der Waals surface area contributed by atoms with Gasteiger partial charge in [-0.3, -0.25) is 9.69 Å². The lowest BCUT2D eigenvalue weighted by Crippen LogP contribution is -2.39. The van der Waals surface area contributed by atoms with E-state index < -0.39 is 18.6 Å². The molecule has 2 aromatic rings. The fraction of sp³-hybridized carbons (Fsp3) is 0.133. The summed E-state index contributed by atoms with van der Waals surface area (Å²) in [7, 11) is 0. The van der Waals surface area contributed by atoms with Crippen LogP contribution in [0.1, 0.15) is 10.4 Å². The highest BCUT2D eigenvalue weighted by Gasteiger charge is 2.34.